The van der Waals surface area contributed by atoms with Gasteiger partial charge in [0.2, 0.25) is 0 Å². The predicted molar refractivity (Wildman–Crippen MR) is 249 cm³/mol. The van der Waals surface area contributed by atoms with Gasteiger partial charge in [0, 0.05) is 39.1 Å². The summed E-state index contributed by atoms with van der Waals surface area (Å²) in [7, 11) is 0. The highest BCUT2D eigenvalue weighted by molar-refractivity contribution is 6.13. The number of nitrogens with zero attached hydrogens (tertiary/aromatic N) is 8. The van der Waals surface area contributed by atoms with Crippen LogP contribution in [-0.2, 0) is 6.54 Å². The van der Waals surface area contributed by atoms with Gasteiger partial charge in [0.25, 0.3) is 0 Å². The molecule has 0 saturated heterocycles. The van der Waals surface area contributed by atoms with Crippen LogP contribution in [-0.4, -0.2) is 42.9 Å². The summed E-state index contributed by atoms with van der Waals surface area (Å²) in [5.74, 6) is 3.70. The highest BCUT2D eigenvalue weighted by Crippen LogP contribution is 2.34. The van der Waals surface area contributed by atoms with Crippen LogP contribution in [0, 0.1) is 0 Å². The molecule has 0 aliphatic rings. The van der Waals surface area contributed by atoms with Crippen LogP contribution >= 0.6 is 0 Å². The van der Waals surface area contributed by atoms with E-state index in [2.05, 4.69) is 84.7 Å². The van der Waals surface area contributed by atoms with Crippen molar-refractivity contribution in [1.82, 2.24) is 24.5 Å². The largest absolute Gasteiger partial charge is 0.292 e. The Morgan fingerprint density at radius 1 is 0.525 bits per heavy atom. The normalized spacial score (nSPS) is 11.9. The first-order chi connectivity index (χ1) is 30.0. The monoisotopic (exact) mass is 790 g/mol. The van der Waals surface area contributed by atoms with Gasteiger partial charge < -0.3 is 0 Å². The molecule has 9 rings (SSSR count). The van der Waals surface area contributed by atoms with Gasteiger partial charge in [-0.15, -0.1) is 0 Å². The minimum absolute atomic E-state index is 0.390. The van der Waals surface area contributed by atoms with Crippen molar-refractivity contribution in [2.45, 2.75) is 26.3 Å². The van der Waals surface area contributed by atoms with Crippen LogP contribution in [0.25, 0.3) is 62.3 Å². The first-order valence-electron chi connectivity index (χ1n) is 20.3. The Balaban J connectivity index is 1.32. The topological polar surface area (TPSA) is 93.6 Å². The van der Waals surface area contributed by atoms with Crippen LogP contribution < -0.4 is 0 Å². The molecule has 0 atom stereocenters. The van der Waals surface area contributed by atoms with Crippen molar-refractivity contribution in [3.05, 3.63) is 210 Å². The van der Waals surface area contributed by atoms with E-state index >= 15 is 0 Å². The van der Waals surface area contributed by atoms with Crippen LogP contribution in [0.2, 0.25) is 0 Å². The van der Waals surface area contributed by atoms with Crippen LogP contribution in [0.5, 0.6) is 0 Å². The number of aromatic nitrogens is 5. The minimum Gasteiger partial charge on any atom is -0.292 e. The number of fused-ring (bicyclic) bond motifs is 1. The smallest absolute Gasteiger partial charge is 0.164 e. The molecule has 0 radical (unpaired) electrons. The summed E-state index contributed by atoms with van der Waals surface area (Å²) < 4.78 is 2.21. The summed E-state index contributed by atoms with van der Waals surface area (Å²) in [4.78, 5) is 35.3. The maximum atomic E-state index is 5.31. The number of aliphatic imine (C=N–C) groups is 3. The third-order valence-corrected chi connectivity index (χ3v) is 10.4. The quantitative estimate of drug-likeness (QED) is 0.102. The minimum atomic E-state index is 0.390. The zero-order valence-electron chi connectivity index (χ0n) is 34.0. The second-order valence-corrected chi connectivity index (χ2v) is 14.9. The van der Waals surface area contributed by atoms with E-state index in [9.17, 15) is 0 Å². The standard InChI is InChI=1S/C53H42N8/c1-36(2)38-28-30-45(31-29-38)61-47-27-17-16-26-46(47)56-53(61)44-33-42(49(55-35-37-18-8-4-9-19-37)57-48(54-3)39-20-10-5-11-21-39)32-43(34-44)52-59-50(40-22-12-6-13-23-40)58-51(60-52)41-24-14-7-15-25-41/h4-34,36H,3,35H2,1-2H3. The molecule has 8 heteroatoms. The van der Waals surface area contributed by atoms with Crippen LogP contribution in [0.3, 0.4) is 0 Å². The lowest BCUT2D eigenvalue weighted by Crippen LogP contribution is -2.07. The summed E-state index contributed by atoms with van der Waals surface area (Å²) in [5.41, 5.74) is 10.0. The highest BCUT2D eigenvalue weighted by Gasteiger charge is 2.20. The van der Waals surface area contributed by atoms with Gasteiger partial charge in [-0.25, -0.2) is 29.9 Å². The lowest BCUT2D eigenvalue weighted by Gasteiger charge is -2.15. The van der Waals surface area contributed by atoms with Gasteiger partial charge >= 0.3 is 0 Å². The SMILES string of the molecule is C=NC(=NC(=NCc1ccccc1)c1cc(-c2nc(-c3ccccc3)nc(-c3ccccc3)n2)cc(-c2nc3ccccc3n2-c2ccc(C(C)C)cc2)c1)c1ccccc1. The van der Waals surface area contributed by atoms with Gasteiger partial charge in [0.15, 0.2) is 29.1 Å². The number of hydrogen-bond donors (Lipinski definition) is 0. The third kappa shape index (κ3) is 8.47. The fourth-order valence-corrected chi connectivity index (χ4v) is 7.26. The lowest BCUT2D eigenvalue weighted by molar-refractivity contribution is 0.865. The molecule has 8 nitrogen and oxygen atoms in total. The van der Waals surface area contributed by atoms with Gasteiger partial charge in [0.05, 0.1) is 17.6 Å². The van der Waals surface area contributed by atoms with Crippen LogP contribution in [0.15, 0.2) is 203 Å². The molecule has 0 spiro atoms. The van der Waals surface area contributed by atoms with Crippen molar-refractivity contribution in [2.75, 3.05) is 0 Å². The van der Waals surface area contributed by atoms with E-state index in [0.717, 1.165) is 61.5 Å². The number of imidazole rings is 1. The van der Waals surface area contributed by atoms with Crippen molar-refractivity contribution in [3.63, 3.8) is 0 Å². The maximum Gasteiger partial charge on any atom is 0.164 e. The molecule has 7 aromatic carbocycles. The predicted octanol–water partition coefficient (Wildman–Crippen LogP) is 12.1. The Bertz CT molecular complexity index is 2950. The van der Waals surface area contributed by atoms with E-state index in [1.807, 2.05) is 133 Å². The van der Waals surface area contributed by atoms with E-state index in [1.54, 1.807) is 0 Å². The van der Waals surface area contributed by atoms with Crippen LogP contribution in [0.1, 0.15) is 42.0 Å². The van der Waals surface area contributed by atoms with Gasteiger partial charge in [-0.1, -0.05) is 159 Å². The molecule has 61 heavy (non-hydrogen) atoms. The zero-order chi connectivity index (χ0) is 41.5. The molecule has 0 saturated carbocycles. The molecule has 0 N–H and O–H groups in total. The fraction of sp³-hybridized carbons (Fsp3) is 0.0755. The van der Waals surface area contributed by atoms with Gasteiger partial charge in [0.1, 0.15) is 5.82 Å². The summed E-state index contributed by atoms with van der Waals surface area (Å²) >= 11 is 0. The Labute approximate surface area is 355 Å². The molecule has 0 amide bonds. The third-order valence-electron chi connectivity index (χ3n) is 10.4. The molecule has 0 aliphatic heterocycles. The molecule has 2 aromatic heterocycles. The summed E-state index contributed by atoms with van der Waals surface area (Å²) in [6.45, 7) is 8.72. The molecule has 294 valence electrons. The Kier molecular flexibility index (Phi) is 11.0. The Hall–Kier alpha value is -7.97. The molecule has 9 aromatic rings. The average molecular weight is 791 g/mol. The van der Waals surface area contributed by atoms with E-state index in [1.165, 1.54) is 5.56 Å². The number of amidine groups is 2. The molecule has 0 bridgehead atoms. The van der Waals surface area contributed by atoms with Gasteiger partial charge in [-0.3, -0.25) is 9.56 Å². The van der Waals surface area contributed by atoms with Crippen molar-refractivity contribution in [1.29, 1.82) is 0 Å². The lowest BCUT2D eigenvalue weighted by atomic mass is 10.0. The average Bonchev–Trinajstić information content (AvgIpc) is 3.72. The molecular weight excluding hydrogens is 749 g/mol. The molecule has 0 unspecified atom stereocenters. The van der Waals surface area contributed by atoms with Crippen molar-refractivity contribution in [3.8, 4) is 51.2 Å². The second-order valence-electron chi connectivity index (χ2n) is 14.9. The molecular formula is C53H42N8. The van der Waals surface area contributed by atoms with Crippen LogP contribution in [0.4, 0.5) is 0 Å². The number of para-hydroxylation sites is 2. The van der Waals surface area contributed by atoms with E-state index in [0.29, 0.717) is 41.6 Å². The number of rotatable bonds is 10. The first-order valence-corrected chi connectivity index (χ1v) is 20.3. The Morgan fingerprint density at radius 3 is 1.67 bits per heavy atom. The number of benzene rings is 7. The maximum absolute atomic E-state index is 5.31. The first kappa shape index (κ1) is 38.5. The van der Waals surface area contributed by atoms with Gasteiger partial charge in [-0.05, 0) is 66.2 Å². The van der Waals surface area contributed by atoms with E-state index < -0.39 is 0 Å². The van der Waals surface area contributed by atoms with Crippen molar-refractivity contribution in [2.24, 2.45) is 15.0 Å². The van der Waals surface area contributed by atoms with Crippen molar-refractivity contribution < 1.29 is 0 Å². The van der Waals surface area contributed by atoms with Crippen molar-refractivity contribution >= 4 is 29.4 Å². The fourth-order valence-electron chi connectivity index (χ4n) is 7.26. The number of hydrogen-bond acceptors (Lipinski definition) is 5. The van der Waals surface area contributed by atoms with E-state index in [4.69, 9.17) is 29.9 Å². The Morgan fingerprint density at radius 2 is 1.07 bits per heavy atom. The second kappa shape index (κ2) is 17.5. The van der Waals surface area contributed by atoms with E-state index in [-0.39, 0.29) is 0 Å². The molecule has 2 heterocycles. The molecule has 0 aliphatic carbocycles. The zero-order valence-corrected chi connectivity index (χ0v) is 34.0. The van der Waals surface area contributed by atoms with Gasteiger partial charge in [-0.2, -0.15) is 0 Å². The summed E-state index contributed by atoms with van der Waals surface area (Å²) in [5, 5.41) is 0. The highest BCUT2D eigenvalue weighted by atomic mass is 15.1. The molecule has 0 fully saturated rings. The summed E-state index contributed by atoms with van der Waals surface area (Å²) in [6, 6.07) is 63.2. The summed E-state index contributed by atoms with van der Waals surface area (Å²) in [6.07, 6.45) is 0.